The van der Waals surface area contributed by atoms with Gasteiger partial charge in [-0.05, 0) is 38.1 Å². The number of nitrogens with one attached hydrogen (secondary N) is 1. The largest absolute Gasteiger partial charge is 0.484 e. The Hall–Kier alpha value is -3.15. The molecule has 6 heteroatoms. The Labute approximate surface area is 146 Å². The van der Waals surface area contributed by atoms with Crippen LogP contribution >= 0.6 is 0 Å². The zero-order valence-electron chi connectivity index (χ0n) is 14.2. The number of hydrogen-bond donors (Lipinski definition) is 2. The third kappa shape index (κ3) is 4.03. The number of nitrogens with two attached hydrogens (primary N) is 1. The third-order valence-corrected chi connectivity index (χ3v) is 3.54. The van der Waals surface area contributed by atoms with E-state index < -0.39 is 0 Å². The molecule has 0 radical (unpaired) electrons. The maximum atomic E-state index is 11.7. The molecule has 25 heavy (non-hydrogen) atoms. The van der Waals surface area contributed by atoms with E-state index in [9.17, 15) is 4.79 Å². The monoisotopic (exact) mass is 336 g/mol. The lowest BCUT2D eigenvalue weighted by molar-refractivity contribution is -0.123. The van der Waals surface area contributed by atoms with Gasteiger partial charge in [-0.3, -0.25) is 4.79 Å². The molecule has 0 atom stereocenters. The first kappa shape index (κ1) is 16.7. The molecule has 3 aromatic rings. The highest BCUT2D eigenvalue weighted by Gasteiger charge is 2.09. The first-order chi connectivity index (χ1) is 12.0. The molecule has 0 bridgehead atoms. The highest BCUT2D eigenvalue weighted by molar-refractivity contribution is 5.89. The van der Waals surface area contributed by atoms with E-state index in [1.165, 1.54) is 0 Å². The number of fused-ring (bicyclic) bond motifs is 1. The van der Waals surface area contributed by atoms with E-state index in [1.807, 2.05) is 50.2 Å². The van der Waals surface area contributed by atoms with Gasteiger partial charge in [-0.25, -0.2) is 9.97 Å². The van der Waals surface area contributed by atoms with Gasteiger partial charge in [0.2, 0.25) is 0 Å². The second-order valence-corrected chi connectivity index (χ2v) is 5.99. The minimum Gasteiger partial charge on any atom is -0.484 e. The summed E-state index contributed by atoms with van der Waals surface area (Å²) >= 11 is 0. The van der Waals surface area contributed by atoms with Crippen LogP contribution in [0.3, 0.4) is 0 Å². The first-order valence-corrected chi connectivity index (χ1v) is 8.08. The lowest BCUT2D eigenvalue weighted by Gasteiger charge is -2.11. The SMILES string of the molecule is CC(C)NC(=O)COc1cccc(-c2nc(N)c3ccccc3n2)c1. The van der Waals surface area contributed by atoms with E-state index in [2.05, 4.69) is 15.3 Å². The van der Waals surface area contributed by atoms with Gasteiger partial charge in [-0.15, -0.1) is 0 Å². The number of carbonyl (C=O) groups excluding carboxylic acids is 1. The summed E-state index contributed by atoms with van der Waals surface area (Å²) in [6, 6.07) is 15.0. The Kier molecular flexibility index (Phi) is 4.79. The van der Waals surface area contributed by atoms with Gasteiger partial charge in [0.25, 0.3) is 5.91 Å². The van der Waals surface area contributed by atoms with Crippen LogP contribution in [0.5, 0.6) is 5.75 Å². The molecule has 0 aliphatic rings. The van der Waals surface area contributed by atoms with Crippen molar-refractivity contribution in [1.29, 1.82) is 0 Å². The number of ether oxygens (including phenoxy) is 1. The summed E-state index contributed by atoms with van der Waals surface area (Å²) in [6.07, 6.45) is 0. The van der Waals surface area contributed by atoms with Crippen LogP contribution in [0.25, 0.3) is 22.3 Å². The fraction of sp³-hybridized carbons (Fsp3) is 0.211. The van der Waals surface area contributed by atoms with Crippen molar-refractivity contribution in [2.75, 3.05) is 12.3 Å². The fourth-order valence-electron chi connectivity index (χ4n) is 2.47. The standard InChI is InChI=1S/C19H20N4O2/c1-12(2)21-17(24)11-25-14-7-5-6-13(10-14)19-22-16-9-4-3-8-15(16)18(20)23-19/h3-10,12H,11H2,1-2H3,(H,21,24)(H2,20,22,23). The van der Waals surface area contributed by atoms with Crippen LogP contribution in [0.1, 0.15) is 13.8 Å². The van der Waals surface area contributed by atoms with Crippen LogP contribution in [0.2, 0.25) is 0 Å². The van der Waals surface area contributed by atoms with Crippen LogP contribution in [-0.2, 0) is 4.79 Å². The second kappa shape index (κ2) is 7.17. The molecule has 2 aromatic carbocycles. The van der Waals surface area contributed by atoms with E-state index in [0.717, 1.165) is 16.5 Å². The van der Waals surface area contributed by atoms with Crippen molar-refractivity contribution in [3.05, 3.63) is 48.5 Å². The second-order valence-electron chi connectivity index (χ2n) is 5.99. The van der Waals surface area contributed by atoms with Gasteiger partial charge in [0.15, 0.2) is 12.4 Å². The number of rotatable bonds is 5. The fourth-order valence-corrected chi connectivity index (χ4v) is 2.47. The number of carbonyl (C=O) groups is 1. The third-order valence-electron chi connectivity index (χ3n) is 3.54. The van der Waals surface area contributed by atoms with Crippen LogP contribution in [-0.4, -0.2) is 28.5 Å². The van der Waals surface area contributed by atoms with E-state index in [-0.39, 0.29) is 18.6 Å². The number of benzene rings is 2. The summed E-state index contributed by atoms with van der Waals surface area (Å²) in [4.78, 5) is 20.6. The lowest BCUT2D eigenvalue weighted by Crippen LogP contribution is -2.34. The van der Waals surface area contributed by atoms with Crippen LogP contribution in [0, 0.1) is 0 Å². The van der Waals surface area contributed by atoms with Crippen LogP contribution in [0.15, 0.2) is 48.5 Å². The summed E-state index contributed by atoms with van der Waals surface area (Å²) in [5.74, 6) is 1.37. The van der Waals surface area contributed by atoms with Crippen molar-refractivity contribution in [3.63, 3.8) is 0 Å². The number of hydrogen-bond acceptors (Lipinski definition) is 5. The Balaban J connectivity index is 1.83. The van der Waals surface area contributed by atoms with Gasteiger partial charge in [-0.2, -0.15) is 0 Å². The zero-order chi connectivity index (χ0) is 17.8. The molecule has 1 amide bonds. The minimum atomic E-state index is -0.161. The Bertz CT molecular complexity index is 909. The Morgan fingerprint density at radius 2 is 1.96 bits per heavy atom. The van der Waals surface area contributed by atoms with E-state index in [4.69, 9.17) is 10.5 Å². The molecular weight excluding hydrogens is 316 g/mol. The van der Waals surface area contributed by atoms with Crippen molar-refractivity contribution >= 4 is 22.6 Å². The minimum absolute atomic E-state index is 0.0393. The van der Waals surface area contributed by atoms with E-state index in [0.29, 0.717) is 17.4 Å². The molecule has 128 valence electrons. The molecule has 1 heterocycles. The molecule has 0 aliphatic heterocycles. The zero-order valence-corrected chi connectivity index (χ0v) is 14.2. The molecule has 0 unspecified atom stereocenters. The summed E-state index contributed by atoms with van der Waals surface area (Å²) in [7, 11) is 0. The molecule has 0 aliphatic carbocycles. The summed E-state index contributed by atoms with van der Waals surface area (Å²) in [5.41, 5.74) is 7.60. The number of nitrogen functional groups attached to an aromatic ring is 1. The van der Waals surface area contributed by atoms with Crippen LogP contribution in [0.4, 0.5) is 5.82 Å². The molecule has 3 rings (SSSR count). The van der Waals surface area contributed by atoms with Gasteiger partial charge in [0.05, 0.1) is 5.52 Å². The van der Waals surface area contributed by atoms with Gasteiger partial charge in [0.1, 0.15) is 11.6 Å². The van der Waals surface area contributed by atoms with Crippen molar-refractivity contribution in [2.24, 2.45) is 0 Å². The lowest BCUT2D eigenvalue weighted by atomic mass is 10.1. The van der Waals surface area contributed by atoms with Gasteiger partial charge < -0.3 is 15.8 Å². The Morgan fingerprint density at radius 3 is 2.76 bits per heavy atom. The molecule has 0 saturated heterocycles. The smallest absolute Gasteiger partial charge is 0.258 e. The average Bonchev–Trinajstić information content (AvgIpc) is 2.60. The quantitative estimate of drug-likeness (QED) is 0.748. The summed E-state index contributed by atoms with van der Waals surface area (Å²) in [6.45, 7) is 3.77. The highest BCUT2D eigenvalue weighted by atomic mass is 16.5. The predicted molar refractivity (Wildman–Crippen MR) is 98.2 cm³/mol. The number of anilines is 1. The maximum Gasteiger partial charge on any atom is 0.258 e. The topological polar surface area (TPSA) is 90.1 Å². The number of amides is 1. The Morgan fingerprint density at radius 1 is 1.16 bits per heavy atom. The summed E-state index contributed by atoms with van der Waals surface area (Å²) in [5, 5.41) is 3.60. The van der Waals surface area contributed by atoms with Gasteiger partial charge in [-0.1, -0.05) is 24.3 Å². The number of nitrogens with zero attached hydrogens (tertiary/aromatic N) is 2. The predicted octanol–water partition coefficient (Wildman–Crippen LogP) is 2.78. The summed E-state index contributed by atoms with van der Waals surface area (Å²) < 4.78 is 5.55. The molecule has 6 nitrogen and oxygen atoms in total. The van der Waals surface area contributed by atoms with Gasteiger partial charge in [0, 0.05) is 17.0 Å². The molecule has 0 fully saturated rings. The van der Waals surface area contributed by atoms with E-state index >= 15 is 0 Å². The van der Waals surface area contributed by atoms with Crippen molar-refractivity contribution < 1.29 is 9.53 Å². The molecule has 0 spiro atoms. The normalized spacial score (nSPS) is 10.8. The number of aromatic nitrogens is 2. The molecule has 1 aromatic heterocycles. The molecule has 0 saturated carbocycles. The average molecular weight is 336 g/mol. The van der Waals surface area contributed by atoms with Crippen molar-refractivity contribution in [3.8, 4) is 17.1 Å². The molecular formula is C19H20N4O2. The van der Waals surface area contributed by atoms with Gasteiger partial charge >= 0.3 is 0 Å². The number of para-hydroxylation sites is 1. The van der Waals surface area contributed by atoms with E-state index in [1.54, 1.807) is 12.1 Å². The molecule has 3 N–H and O–H groups in total. The van der Waals surface area contributed by atoms with Crippen molar-refractivity contribution in [1.82, 2.24) is 15.3 Å². The van der Waals surface area contributed by atoms with Crippen molar-refractivity contribution in [2.45, 2.75) is 19.9 Å². The van der Waals surface area contributed by atoms with Crippen LogP contribution < -0.4 is 15.8 Å². The highest BCUT2D eigenvalue weighted by Crippen LogP contribution is 2.25. The maximum absolute atomic E-state index is 11.7. The first-order valence-electron chi connectivity index (χ1n) is 8.08.